The Bertz CT molecular complexity index is 656. The van der Waals surface area contributed by atoms with Crippen LogP contribution in [0.25, 0.3) is 0 Å². The van der Waals surface area contributed by atoms with Crippen molar-refractivity contribution in [3.05, 3.63) is 53.6 Å². The van der Waals surface area contributed by atoms with E-state index in [-0.39, 0.29) is 5.91 Å². The number of methoxy groups -OCH3 is 2. The van der Waals surface area contributed by atoms with Gasteiger partial charge in [0.05, 0.1) is 14.2 Å². The maximum Gasteiger partial charge on any atom is 0.251 e. The van der Waals surface area contributed by atoms with Crippen LogP contribution in [0.1, 0.15) is 15.9 Å². The number of ether oxygens (including phenoxy) is 2. The molecule has 0 aromatic heterocycles. The van der Waals surface area contributed by atoms with Crippen LogP contribution in [0.3, 0.4) is 0 Å². The fourth-order valence-corrected chi connectivity index (χ4v) is 2.14. The number of hydrogen-bond donors (Lipinski definition) is 2. The Morgan fingerprint density at radius 1 is 1.09 bits per heavy atom. The Balaban J connectivity index is 1.92. The number of hydrogen-bond acceptors (Lipinski definition) is 4. The summed E-state index contributed by atoms with van der Waals surface area (Å²) in [5.41, 5.74) is 7.87. The van der Waals surface area contributed by atoms with Crippen LogP contribution < -0.4 is 20.5 Å². The Kier molecular flexibility index (Phi) is 5.25. The molecule has 0 atom stereocenters. The summed E-state index contributed by atoms with van der Waals surface area (Å²) in [4.78, 5) is 12.0. The first-order valence-electron chi connectivity index (χ1n) is 6.98. The molecule has 2 aromatic carbocycles. The van der Waals surface area contributed by atoms with Crippen LogP contribution in [0.4, 0.5) is 5.69 Å². The number of rotatable bonds is 6. The van der Waals surface area contributed by atoms with Crippen LogP contribution in [0.2, 0.25) is 0 Å². The fraction of sp³-hybridized carbons (Fsp3) is 0.235. The first-order valence-corrected chi connectivity index (χ1v) is 6.98. The van der Waals surface area contributed by atoms with Crippen LogP contribution in [0.15, 0.2) is 42.5 Å². The maximum absolute atomic E-state index is 12.0. The predicted octanol–water partition coefficient (Wildman–Crippen LogP) is 2.26. The summed E-state index contributed by atoms with van der Waals surface area (Å²) >= 11 is 0. The number of nitrogens with one attached hydrogen (secondary N) is 1. The summed E-state index contributed by atoms with van der Waals surface area (Å²) in [6, 6.07) is 12.6. The lowest BCUT2D eigenvalue weighted by Gasteiger charge is -2.10. The van der Waals surface area contributed by atoms with Gasteiger partial charge in [0, 0.05) is 17.8 Å². The Morgan fingerprint density at radius 2 is 1.86 bits per heavy atom. The largest absolute Gasteiger partial charge is 0.493 e. The van der Waals surface area contributed by atoms with Crippen molar-refractivity contribution in [2.45, 2.75) is 6.42 Å². The second-order valence-corrected chi connectivity index (χ2v) is 4.82. The highest BCUT2D eigenvalue weighted by Crippen LogP contribution is 2.27. The van der Waals surface area contributed by atoms with Gasteiger partial charge in [-0.25, -0.2) is 0 Å². The highest BCUT2D eigenvalue weighted by Gasteiger charge is 2.07. The maximum atomic E-state index is 12.0. The average Bonchev–Trinajstić information content (AvgIpc) is 2.54. The summed E-state index contributed by atoms with van der Waals surface area (Å²) in [5.74, 6) is 1.24. The van der Waals surface area contributed by atoms with E-state index in [9.17, 15) is 4.79 Å². The van der Waals surface area contributed by atoms with Gasteiger partial charge in [-0.15, -0.1) is 0 Å². The summed E-state index contributed by atoms with van der Waals surface area (Å²) in [7, 11) is 3.20. The first-order chi connectivity index (χ1) is 10.6. The van der Waals surface area contributed by atoms with Gasteiger partial charge in [-0.05, 0) is 42.3 Å². The van der Waals surface area contributed by atoms with E-state index in [4.69, 9.17) is 15.2 Å². The highest BCUT2D eigenvalue weighted by atomic mass is 16.5. The van der Waals surface area contributed by atoms with Gasteiger partial charge < -0.3 is 20.5 Å². The molecule has 22 heavy (non-hydrogen) atoms. The van der Waals surface area contributed by atoms with Gasteiger partial charge >= 0.3 is 0 Å². The summed E-state index contributed by atoms with van der Waals surface area (Å²) in [6.07, 6.45) is 0.703. The molecule has 0 saturated carbocycles. The highest BCUT2D eigenvalue weighted by molar-refractivity contribution is 5.94. The molecule has 0 aliphatic carbocycles. The minimum atomic E-state index is -0.132. The van der Waals surface area contributed by atoms with Gasteiger partial charge in [-0.1, -0.05) is 12.1 Å². The molecule has 2 rings (SSSR count). The van der Waals surface area contributed by atoms with E-state index in [1.165, 1.54) is 0 Å². The van der Waals surface area contributed by atoms with Gasteiger partial charge in [-0.2, -0.15) is 0 Å². The minimum Gasteiger partial charge on any atom is -0.493 e. The molecule has 5 heteroatoms. The third-order valence-electron chi connectivity index (χ3n) is 3.30. The smallest absolute Gasteiger partial charge is 0.251 e. The van der Waals surface area contributed by atoms with Crippen molar-refractivity contribution in [1.82, 2.24) is 5.32 Å². The zero-order valence-corrected chi connectivity index (χ0v) is 12.8. The quantitative estimate of drug-likeness (QED) is 0.803. The molecular weight excluding hydrogens is 280 g/mol. The van der Waals surface area contributed by atoms with Crippen LogP contribution >= 0.6 is 0 Å². The molecule has 5 nitrogen and oxygen atoms in total. The average molecular weight is 300 g/mol. The summed E-state index contributed by atoms with van der Waals surface area (Å²) in [6.45, 7) is 0.531. The third-order valence-corrected chi connectivity index (χ3v) is 3.30. The van der Waals surface area contributed by atoms with Gasteiger partial charge in [0.15, 0.2) is 11.5 Å². The molecule has 0 spiro atoms. The van der Waals surface area contributed by atoms with Crippen LogP contribution in [-0.2, 0) is 6.42 Å². The van der Waals surface area contributed by atoms with Gasteiger partial charge in [-0.3, -0.25) is 4.79 Å². The molecule has 0 fully saturated rings. The van der Waals surface area contributed by atoms with Crippen molar-refractivity contribution in [2.75, 3.05) is 26.5 Å². The Hall–Kier alpha value is -2.69. The lowest BCUT2D eigenvalue weighted by molar-refractivity contribution is 0.0954. The summed E-state index contributed by atoms with van der Waals surface area (Å²) in [5, 5.41) is 2.87. The lowest BCUT2D eigenvalue weighted by atomic mass is 10.1. The third kappa shape index (κ3) is 3.91. The van der Waals surface area contributed by atoms with Crippen LogP contribution in [-0.4, -0.2) is 26.7 Å². The molecule has 1 amide bonds. The number of benzene rings is 2. The standard InChI is InChI=1S/C17H20N2O3/c1-21-15-7-6-12(10-16(15)22-2)8-9-19-17(20)13-4-3-5-14(18)11-13/h3-7,10-11H,8-9,18H2,1-2H3,(H,19,20). The second kappa shape index (κ2) is 7.36. The van der Waals surface area contributed by atoms with E-state index in [0.717, 1.165) is 5.56 Å². The van der Waals surface area contributed by atoms with E-state index in [1.54, 1.807) is 38.5 Å². The van der Waals surface area contributed by atoms with Crippen molar-refractivity contribution in [3.63, 3.8) is 0 Å². The molecular formula is C17H20N2O3. The topological polar surface area (TPSA) is 73.6 Å². The number of amides is 1. The Labute approximate surface area is 130 Å². The lowest BCUT2D eigenvalue weighted by Crippen LogP contribution is -2.25. The second-order valence-electron chi connectivity index (χ2n) is 4.82. The van der Waals surface area contributed by atoms with Crippen LogP contribution in [0, 0.1) is 0 Å². The number of anilines is 1. The number of carbonyl (C=O) groups is 1. The van der Waals surface area contributed by atoms with Gasteiger partial charge in [0.1, 0.15) is 0 Å². The zero-order valence-electron chi connectivity index (χ0n) is 12.8. The monoisotopic (exact) mass is 300 g/mol. The molecule has 116 valence electrons. The van der Waals surface area contributed by atoms with E-state index in [1.807, 2.05) is 18.2 Å². The summed E-state index contributed by atoms with van der Waals surface area (Å²) < 4.78 is 10.5. The molecule has 0 aliphatic heterocycles. The van der Waals surface area contributed by atoms with Crippen molar-refractivity contribution in [2.24, 2.45) is 0 Å². The molecule has 0 radical (unpaired) electrons. The van der Waals surface area contributed by atoms with E-state index >= 15 is 0 Å². The normalized spacial score (nSPS) is 10.1. The fourth-order valence-electron chi connectivity index (χ4n) is 2.14. The number of nitrogen functional groups attached to an aromatic ring is 1. The van der Waals surface area contributed by atoms with Crippen LogP contribution in [0.5, 0.6) is 11.5 Å². The molecule has 0 heterocycles. The SMILES string of the molecule is COc1ccc(CCNC(=O)c2cccc(N)c2)cc1OC. The molecule has 3 N–H and O–H groups in total. The first kappa shape index (κ1) is 15.7. The molecule has 0 bridgehead atoms. The molecule has 0 unspecified atom stereocenters. The van der Waals surface area contributed by atoms with E-state index < -0.39 is 0 Å². The number of nitrogens with two attached hydrogens (primary N) is 1. The van der Waals surface area contributed by atoms with Crippen molar-refractivity contribution < 1.29 is 14.3 Å². The predicted molar refractivity (Wildman–Crippen MR) is 86.4 cm³/mol. The van der Waals surface area contributed by atoms with Crippen molar-refractivity contribution in [3.8, 4) is 11.5 Å². The molecule has 2 aromatic rings. The zero-order chi connectivity index (χ0) is 15.9. The molecule has 0 saturated heterocycles. The minimum absolute atomic E-state index is 0.132. The van der Waals surface area contributed by atoms with Gasteiger partial charge in [0.25, 0.3) is 5.91 Å². The van der Waals surface area contributed by atoms with Gasteiger partial charge in [0.2, 0.25) is 0 Å². The number of carbonyl (C=O) groups excluding carboxylic acids is 1. The van der Waals surface area contributed by atoms with E-state index in [0.29, 0.717) is 35.7 Å². The Morgan fingerprint density at radius 3 is 2.55 bits per heavy atom. The van der Waals surface area contributed by atoms with Crippen molar-refractivity contribution in [1.29, 1.82) is 0 Å². The molecule has 0 aliphatic rings. The van der Waals surface area contributed by atoms with Crippen molar-refractivity contribution >= 4 is 11.6 Å². The van der Waals surface area contributed by atoms with E-state index in [2.05, 4.69) is 5.32 Å².